The molecular weight excluding hydrogens is 480 g/mol. The summed E-state index contributed by atoms with van der Waals surface area (Å²) in [5, 5.41) is 14.4. The number of ether oxygens (including phenoxy) is 2. The molecule has 0 aromatic heterocycles. The van der Waals surface area contributed by atoms with Crippen LogP contribution in [0.4, 0.5) is 4.79 Å². The molecule has 2 aliphatic heterocycles. The van der Waals surface area contributed by atoms with Gasteiger partial charge < -0.3 is 19.5 Å². The van der Waals surface area contributed by atoms with Crippen LogP contribution in [0.25, 0.3) is 10.4 Å². The molecule has 0 aliphatic carbocycles. The Kier molecular flexibility index (Phi) is 10.5. The Hall–Kier alpha value is -2.65. The molecule has 5 unspecified atom stereocenters. The lowest BCUT2D eigenvalue weighted by molar-refractivity contribution is -0.171. The van der Waals surface area contributed by atoms with Crippen LogP contribution in [-0.2, 0) is 23.9 Å². The lowest BCUT2D eigenvalue weighted by atomic mass is 9.74. The fourth-order valence-electron chi connectivity index (χ4n) is 5.93. The summed E-state index contributed by atoms with van der Waals surface area (Å²) in [6, 6.07) is -0.722. The molecule has 37 heavy (non-hydrogen) atoms. The van der Waals surface area contributed by atoms with E-state index in [1.807, 2.05) is 0 Å². The number of unbranched alkanes of at least 4 members (excludes halogenated alkanes) is 1. The molecule has 9 atom stereocenters. The van der Waals surface area contributed by atoms with Gasteiger partial charge in [0.05, 0.1) is 12.1 Å². The number of aliphatic hydroxyl groups is 1. The second kappa shape index (κ2) is 12.7. The minimum Gasteiger partial charge on any atom is -0.458 e. The van der Waals surface area contributed by atoms with E-state index in [1.54, 1.807) is 41.5 Å². The first kappa shape index (κ1) is 30.6. The van der Waals surface area contributed by atoms with Crippen LogP contribution in [0.2, 0.25) is 0 Å². The predicted octanol–water partition coefficient (Wildman–Crippen LogP) is 4.06. The topological polar surface area (TPSA) is 159 Å². The Bertz CT molecular complexity index is 921. The van der Waals surface area contributed by atoms with Gasteiger partial charge in [-0.1, -0.05) is 39.7 Å². The number of hydrogen-bond acceptors (Lipinski definition) is 8. The van der Waals surface area contributed by atoms with Crippen LogP contribution in [0.15, 0.2) is 5.11 Å². The Morgan fingerprint density at radius 1 is 1.08 bits per heavy atom. The number of ketones is 2. The van der Waals surface area contributed by atoms with Gasteiger partial charge in [-0.2, -0.15) is 0 Å². The van der Waals surface area contributed by atoms with E-state index in [9.17, 15) is 24.3 Å². The fourth-order valence-corrected chi connectivity index (χ4v) is 5.93. The van der Waals surface area contributed by atoms with Crippen LogP contribution in [-0.4, -0.2) is 70.6 Å². The average molecular weight is 523 g/mol. The van der Waals surface area contributed by atoms with Gasteiger partial charge in [-0.3, -0.25) is 14.4 Å². The Morgan fingerprint density at radius 3 is 2.32 bits per heavy atom. The molecule has 0 aromatic carbocycles. The van der Waals surface area contributed by atoms with Gasteiger partial charge in [-0.25, -0.2) is 4.79 Å². The number of hydrogen-bond donors (Lipinski definition) is 1. The first-order chi connectivity index (χ1) is 17.3. The van der Waals surface area contributed by atoms with E-state index in [0.29, 0.717) is 25.7 Å². The van der Waals surface area contributed by atoms with Gasteiger partial charge in [0.1, 0.15) is 17.8 Å². The molecule has 0 saturated carbocycles. The minimum absolute atomic E-state index is 0.0988. The highest BCUT2D eigenvalue weighted by Gasteiger charge is 2.59. The quantitative estimate of drug-likeness (QED) is 0.137. The highest BCUT2D eigenvalue weighted by Crippen LogP contribution is 2.41. The first-order valence-corrected chi connectivity index (χ1v) is 13.3. The number of cyclic esters (lactones) is 1. The number of aliphatic hydroxyl groups excluding tert-OH is 1. The van der Waals surface area contributed by atoms with Crippen molar-refractivity contribution in [2.75, 3.05) is 13.1 Å². The highest BCUT2D eigenvalue weighted by molar-refractivity contribution is 6.00. The molecule has 1 N–H and O–H groups in total. The van der Waals surface area contributed by atoms with Crippen molar-refractivity contribution in [3.05, 3.63) is 10.4 Å². The third kappa shape index (κ3) is 6.44. The van der Waals surface area contributed by atoms with Crippen molar-refractivity contribution < 1.29 is 33.8 Å². The highest BCUT2D eigenvalue weighted by atomic mass is 16.6. The molecule has 2 rings (SSSR count). The van der Waals surface area contributed by atoms with Gasteiger partial charge in [-0.05, 0) is 51.0 Å². The molecule has 11 nitrogen and oxygen atoms in total. The number of Topliss-reactive ketones (excluding diaryl/α,β-unsaturated/α-hetero) is 2. The fraction of sp³-hybridized carbons (Fsp3) is 0.846. The van der Waals surface area contributed by atoms with E-state index < -0.39 is 65.4 Å². The van der Waals surface area contributed by atoms with Crippen LogP contribution in [0.5, 0.6) is 0 Å². The SMILES string of the molecule is CCC1OC(=O)C(C)C(=O)C(C)[C@@H](O)C(C)C[C@@H](C)C(=O)[C@H](C)C2N(CCCCN=[N+]=[N-])C(=O)O[C@]12C. The number of esters is 1. The van der Waals surface area contributed by atoms with E-state index in [-0.39, 0.29) is 24.8 Å². The van der Waals surface area contributed by atoms with Crippen LogP contribution < -0.4 is 0 Å². The molecule has 0 spiro atoms. The molecule has 11 heteroatoms. The second-order valence-corrected chi connectivity index (χ2v) is 10.9. The zero-order valence-corrected chi connectivity index (χ0v) is 23.0. The average Bonchev–Trinajstić information content (AvgIpc) is 3.13. The summed E-state index contributed by atoms with van der Waals surface area (Å²) in [4.78, 5) is 57.2. The Labute approximate surface area is 218 Å². The van der Waals surface area contributed by atoms with Gasteiger partial charge in [0, 0.05) is 35.8 Å². The number of nitrogens with zero attached hydrogens (tertiary/aromatic N) is 4. The van der Waals surface area contributed by atoms with Gasteiger partial charge in [0.25, 0.3) is 0 Å². The molecular formula is C26H42N4O7. The lowest BCUT2D eigenvalue weighted by Gasteiger charge is -2.41. The largest absolute Gasteiger partial charge is 0.458 e. The van der Waals surface area contributed by atoms with Crippen LogP contribution in [0, 0.1) is 29.6 Å². The van der Waals surface area contributed by atoms with Crippen molar-refractivity contribution in [3.8, 4) is 0 Å². The predicted molar refractivity (Wildman–Crippen MR) is 135 cm³/mol. The maximum Gasteiger partial charge on any atom is 0.410 e. The van der Waals surface area contributed by atoms with E-state index in [2.05, 4.69) is 10.0 Å². The van der Waals surface area contributed by atoms with Crippen molar-refractivity contribution >= 4 is 23.6 Å². The summed E-state index contributed by atoms with van der Waals surface area (Å²) < 4.78 is 11.7. The second-order valence-electron chi connectivity index (χ2n) is 10.9. The molecule has 2 aliphatic rings. The summed E-state index contributed by atoms with van der Waals surface area (Å²) in [6.07, 6.45) is -0.803. The number of azide groups is 1. The summed E-state index contributed by atoms with van der Waals surface area (Å²) in [7, 11) is 0. The molecule has 2 heterocycles. The van der Waals surface area contributed by atoms with E-state index in [1.165, 1.54) is 11.8 Å². The monoisotopic (exact) mass is 522 g/mol. The number of rotatable bonds is 6. The Balaban J connectivity index is 2.52. The van der Waals surface area contributed by atoms with E-state index >= 15 is 0 Å². The van der Waals surface area contributed by atoms with E-state index in [4.69, 9.17) is 15.0 Å². The van der Waals surface area contributed by atoms with Gasteiger partial charge in [0.15, 0.2) is 11.4 Å². The molecule has 2 fully saturated rings. The third-order valence-electron chi connectivity index (χ3n) is 8.16. The normalized spacial score (nSPS) is 37.8. The molecule has 0 bridgehead atoms. The number of carbonyl (C=O) groups excluding carboxylic acids is 4. The summed E-state index contributed by atoms with van der Waals surface area (Å²) >= 11 is 0. The lowest BCUT2D eigenvalue weighted by Crippen LogP contribution is -2.57. The summed E-state index contributed by atoms with van der Waals surface area (Å²) in [5.41, 5.74) is 7.18. The zero-order chi connectivity index (χ0) is 28.1. The molecule has 0 aromatic rings. The maximum atomic E-state index is 13.7. The van der Waals surface area contributed by atoms with Crippen molar-refractivity contribution in [2.45, 2.75) is 98.0 Å². The van der Waals surface area contributed by atoms with Crippen molar-refractivity contribution in [1.29, 1.82) is 0 Å². The summed E-state index contributed by atoms with van der Waals surface area (Å²) in [6.45, 7) is 12.4. The third-order valence-corrected chi connectivity index (χ3v) is 8.16. The molecule has 1 amide bonds. The van der Waals surface area contributed by atoms with Crippen molar-refractivity contribution in [2.24, 2.45) is 34.7 Å². The number of amides is 1. The van der Waals surface area contributed by atoms with Crippen LogP contribution in [0.3, 0.4) is 0 Å². The molecule has 0 radical (unpaired) electrons. The first-order valence-electron chi connectivity index (χ1n) is 13.3. The van der Waals surface area contributed by atoms with Crippen molar-refractivity contribution in [3.63, 3.8) is 0 Å². The zero-order valence-electron chi connectivity index (χ0n) is 23.0. The van der Waals surface area contributed by atoms with Crippen molar-refractivity contribution in [1.82, 2.24) is 4.90 Å². The Morgan fingerprint density at radius 2 is 1.73 bits per heavy atom. The number of fused-ring (bicyclic) bond motifs is 1. The van der Waals surface area contributed by atoms with E-state index in [0.717, 1.165) is 0 Å². The maximum absolute atomic E-state index is 13.7. The van der Waals surface area contributed by atoms with Gasteiger partial charge in [-0.15, -0.1) is 0 Å². The molecule has 208 valence electrons. The number of carbonyl (C=O) groups is 4. The minimum atomic E-state index is -1.33. The van der Waals surface area contributed by atoms with Gasteiger partial charge in [0.2, 0.25) is 0 Å². The standard InChI is InChI=1S/C26H42N4O7/c1-8-19-26(7)23(30(25(35)37-26)12-10-9-11-28-29-27)17(5)21(32)15(3)13-14(2)20(31)16(4)22(33)18(6)24(34)36-19/h14-20,23,31H,8-13H2,1-7H3/t14?,15-,16?,17+,18?,19?,20+,23?,26-/m1/s1. The van der Waals surface area contributed by atoms with Crippen LogP contribution in [0.1, 0.15) is 74.1 Å². The van der Waals surface area contributed by atoms with Crippen LogP contribution >= 0.6 is 0 Å². The molecule has 2 saturated heterocycles. The summed E-state index contributed by atoms with van der Waals surface area (Å²) in [5.74, 6) is -4.68. The van der Waals surface area contributed by atoms with Gasteiger partial charge >= 0.3 is 12.1 Å². The smallest absolute Gasteiger partial charge is 0.410 e.